The summed E-state index contributed by atoms with van der Waals surface area (Å²) in [5, 5.41) is 0. The second kappa shape index (κ2) is 18.7. The van der Waals surface area contributed by atoms with Crippen molar-refractivity contribution in [1.29, 1.82) is 0 Å². The zero-order chi connectivity index (χ0) is 20.3. The lowest BCUT2D eigenvalue weighted by molar-refractivity contribution is 0.453. The molecule has 0 spiro atoms. The fraction of sp³-hybridized carbons (Fsp3) is 0.920. The Morgan fingerprint density at radius 2 is 0.852 bits per heavy atom. The van der Waals surface area contributed by atoms with Crippen LogP contribution in [0, 0.1) is 11.8 Å². The van der Waals surface area contributed by atoms with Gasteiger partial charge in [0.15, 0.2) is 0 Å². The van der Waals surface area contributed by atoms with Crippen molar-refractivity contribution in [2.45, 2.75) is 124 Å². The Kier molecular flexibility index (Phi) is 18.2. The zero-order valence-corrected chi connectivity index (χ0v) is 19.7. The molecule has 0 N–H and O–H groups in total. The van der Waals surface area contributed by atoms with E-state index in [0.717, 1.165) is 0 Å². The van der Waals surface area contributed by atoms with Crippen molar-refractivity contribution < 1.29 is 0 Å². The second-order valence-corrected chi connectivity index (χ2v) is 8.46. The van der Waals surface area contributed by atoms with Gasteiger partial charge in [-0.1, -0.05) is 84.5 Å². The van der Waals surface area contributed by atoms with Crippen LogP contribution >= 0.6 is 0 Å². The van der Waals surface area contributed by atoms with Crippen molar-refractivity contribution in [1.82, 2.24) is 0 Å². The third-order valence-electron chi connectivity index (χ3n) is 6.30. The van der Waals surface area contributed by atoms with E-state index in [1.165, 1.54) is 108 Å². The summed E-state index contributed by atoms with van der Waals surface area (Å²) in [6.45, 7) is 9.05. The van der Waals surface area contributed by atoms with Gasteiger partial charge in [0, 0.05) is 25.5 Å². The van der Waals surface area contributed by atoms with Gasteiger partial charge in [-0.15, -0.1) is 0 Å². The number of rotatable bonds is 18. The maximum Gasteiger partial charge on any atom is 0.0276 e. The first-order chi connectivity index (χ1) is 13.1. The Morgan fingerprint density at radius 1 is 0.519 bits per heavy atom. The van der Waals surface area contributed by atoms with Crippen LogP contribution in [0.5, 0.6) is 0 Å². The quantitative estimate of drug-likeness (QED) is 0.169. The maximum atomic E-state index is 4.52. The first kappa shape index (κ1) is 26.3. The predicted molar refractivity (Wildman–Crippen MR) is 126 cm³/mol. The van der Waals surface area contributed by atoms with Crippen molar-refractivity contribution in [2.75, 3.05) is 14.1 Å². The van der Waals surface area contributed by atoms with Gasteiger partial charge in [0.25, 0.3) is 0 Å². The lowest BCUT2D eigenvalue weighted by Crippen LogP contribution is -2.15. The van der Waals surface area contributed by atoms with Gasteiger partial charge in [0.2, 0.25) is 0 Å². The summed E-state index contributed by atoms with van der Waals surface area (Å²) in [5.74, 6) is 1.39. The molecule has 2 unspecified atom stereocenters. The van der Waals surface area contributed by atoms with Gasteiger partial charge in [0.1, 0.15) is 0 Å². The summed E-state index contributed by atoms with van der Waals surface area (Å²) < 4.78 is 0. The van der Waals surface area contributed by atoms with Crippen molar-refractivity contribution in [2.24, 2.45) is 21.8 Å². The van der Waals surface area contributed by atoms with E-state index in [2.05, 4.69) is 37.7 Å². The molecule has 0 heterocycles. The largest absolute Gasteiger partial charge is 0.297 e. The van der Waals surface area contributed by atoms with E-state index in [1.54, 1.807) is 0 Å². The highest BCUT2D eigenvalue weighted by Gasteiger charge is 2.15. The first-order valence-corrected chi connectivity index (χ1v) is 12.0. The first-order valence-electron chi connectivity index (χ1n) is 12.0. The molecule has 0 aliphatic rings. The highest BCUT2D eigenvalue weighted by molar-refractivity contribution is 5.84. The van der Waals surface area contributed by atoms with Crippen molar-refractivity contribution in [3.05, 3.63) is 0 Å². The molecule has 0 saturated carbocycles. The fourth-order valence-electron chi connectivity index (χ4n) is 4.09. The van der Waals surface area contributed by atoms with Crippen LogP contribution < -0.4 is 0 Å². The molecule has 27 heavy (non-hydrogen) atoms. The van der Waals surface area contributed by atoms with E-state index >= 15 is 0 Å². The van der Waals surface area contributed by atoms with Crippen molar-refractivity contribution in [3.63, 3.8) is 0 Å². The molecule has 0 saturated heterocycles. The van der Waals surface area contributed by atoms with E-state index in [-0.39, 0.29) is 0 Å². The topological polar surface area (TPSA) is 24.7 Å². The predicted octanol–water partition coefficient (Wildman–Crippen LogP) is 8.29. The summed E-state index contributed by atoms with van der Waals surface area (Å²) in [5.41, 5.74) is 2.73. The highest BCUT2D eigenvalue weighted by Crippen LogP contribution is 2.24. The van der Waals surface area contributed by atoms with Gasteiger partial charge >= 0.3 is 0 Å². The molecular weight excluding hydrogens is 328 g/mol. The SMILES string of the molecule is CCCCCCCC(CCCC(CCCCCCC)C(C)=NC)C(C)=NC. The summed E-state index contributed by atoms with van der Waals surface area (Å²) in [7, 11) is 3.93. The van der Waals surface area contributed by atoms with Gasteiger partial charge < -0.3 is 0 Å². The zero-order valence-electron chi connectivity index (χ0n) is 19.7. The maximum absolute atomic E-state index is 4.52. The summed E-state index contributed by atoms with van der Waals surface area (Å²) >= 11 is 0. The number of hydrogen-bond donors (Lipinski definition) is 0. The number of hydrogen-bond acceptors (Lipinski definition) is 2. The minimum Gasteiger partial charge on any atom is -0.297 e. The average Bonchev–Trinajstić information content (AvgIpc) is 2.69. The lowest BCUT2D eigenvalue weighted by Gasteiger charge is -2.20. The molecule has 160 valence electrons. The van der Waals surface area contributed by atoms with Crippen LogP contribution in [0.4, 0.5) is 0 Å². The van der Waals surface area contributed by atoms with Gasteiger partial charge in [-0.05, 0) is 51.4 Å². The summed E-state index contributed by atoms with van der Waals surface area (Å²) in [6, 6.07) is 0. The van der Waals surface area contributed by atoms with Crippen LogP contribution in [0.15, 0.2) is 9.98 Å². The molecule has 0 aliphatic heterocycles. The molecule has 0 aromatic rings. The lowest BCUT2D eigenvalue weighted by atomic mass is 9.86. The third-order valence-corrected chi connectivity index (χ3v) is 6.30. The minimum atomic E-state index is 0.695. The molecule has 0 fully saturated rings. The van der Waals surface area contributed by atoms with Gasteiger partial charge in [-0.3, -0.25) is 9.98 Å². The standard InChI is InChI=1S/C25H50N2/c1-7-9-11-13-15-18-24(22(3)26-5)20-17-21-25(23(4)27-6)19-16-14-12-10-8-2/h24-25H,7-21H2,1-6H3. The Labute approximate surface area is 171 Å². The minimum absolute atomic E-state index is 0.695. The molecule has 2 atom stereocenters. The van der Waals surface area contributed by atoms with Crippen LogP contribution in [0.3, 0.4) is 0 Å². The smallest absolute Gasteiger partial charge is 0.0276 e. The van der Waals surface area contributed by atoms with Crippen LogP contribution in [0.25, 0.3) is 0 Å². The van der Waals surface area contributed by atoms with Crippen LogP contribution in [0.2, 0.25) is 0 Å². The fourth-order valence-corrected chi connectivity index (χ4v) is 4.09. The molecule has 0 aliphatic carbocycles. The Morgan fingerprint density at radius 3 is 1.19 bits per heavy atom. The van der Waals surface area contributed by atoms with Crippen LogP contribution in [-0.4, -0.2) is 25.5 Å². The normalized spacial score (nSPS) is 15.2. The average molecular weight is 379 g/mol. The van der Waals surface area contributed by atoms with Crippen molar-refractivity contribution in [3.8, 4) is 0 Å². The highest BCUT2D eigenvalue weighted by atomic mass is 14.7. The number of aliphatic imine (C=N–C) groups is 2. The van der Waals surface area contributed by atoms with Crippen LogP contribution in [0.1, 0.15) is 124 Å². The van der Waals surface area contributed by atoms with Gasteiger partial charge in [-0.25, -0.2) is 0 Å². The van der Waals surface area contributed by atoms with E-state index in [0.29, 0.717) is 11.8 Å². The number of unbranched alkanes of at least 4 members (excludes halogenated alkanes) is 8. The van der Waals surface area contributed by atoms with E-state index < -0.39 is 0 Å². The molecule has 0 amide bonds. The summed E-state index contributed by atoms with van der Waals surface area (Å²) in [4.78, 5) is 9.05. The Bertz CT molecular complexity index is 348. The van der Waals surface area contributed by atoms with E-state index in [4.69, 9.17) is 0 Å². The molecule has 2 heteroatoms. The molecule has 0 aromatic carbocycles. The Hall–Kier alpha value is -0.660. The van der Waals surface area contributed by atoms with E-state index in [1.807, 2.05) is 14.1 Å². The van der Waals surface area contributed by atoms with Crippen LogP contribution in [-0.2, 0) is 0 Å². The number of nitrogens with zero attached hydrogens (tertiary/aromatic N) is 2. The van der Waals surface area contributed by atoms with Gasteiger partial charge in [0.05, 0.1) is 0 Å². The van der Waals surface area contributed by atoms with Gasteiger partial charge in [-0.2, -0.15) is 0 Å². The molecule has 0 aromatic heterocycles. The molecule has 2 nitrogen and oxygen atoms in total. The van der Waals surface area contributed by atoms with E-state index in [9.17, 15) is 0 Å². The molecule has 0 rings (SSSR count). The second-order valence-electron chi connectivity index (χ2n) is 8.46. The van der Waals surface area contributed by atoms with Crippen molar-refractivity contribution >= 4 is 11.4 Å². The molecular formula is C25H50N2. The summed E-state index contributed by atoms with van der Waals surface area (Å²) in [6.07, 6.45) is 20.4. The third kappa shape index (κ3) is 14.1. The Balaban J connectivity index is 4.33. The molecule has 0 radical (unpaired) electrons. The monoisotopic (exact) mass is 378 g/mol. The molecule has 0 bridgehead atoms.